The molecule has 1 aliphatic heterocycles. The monoisotopic (exact) mass is 434 g/mol. The Morgan fingerprint density at radius 2 is 1.80 bits per heavy atom. The molecular formula is C21H26N2O6S. The first-order valence-electron chi connectivity index (χ1n) is 9.56. The molecule has 1 N–H and O–H groups in total. The van der Waals surface area contributed by atoms with Crippen LogP contribution in [0, 0.1) is 5.92 Å². The summed E-state index contributed by atoms with van der Waals surface area (Å²) in [7, 11) is 0.724. The van der Waals surface area contributed by atoms with Crippen LogP contribution >= 0.6 is 0 Å². The summed E-state index contributed by atoms with van der Waals surface area (Å²) < 4.78 is 43.2. The highest BCUT2D eigenvalue weighted by Gasteiger charge is 2.33. The van der Waals surface area contributed by atoms with Gasteiger partial charge in [-0.05, 0) is 37.1 Å². The molecule has 0 unspecified atom stereocenters. The molecule has 2 aromatic rings. The second-order valence-electron chi connectivity index (χ2n) is 6.94. The molecule has 30 heavy (non-hydrogen) atoms. The fourth-order valence-corrected chi connectivity index (χ4v) is 4.99. The van der Waals surface area contributed by atoms with Crippen LogP contribution in [0.1, 0.15) is 12.8 Å². The summed E-state index contributed by atoms with van der Waals surface area (Å²) in [6.45, 7) is 0.478. The summed E-state index contributed by atoms with van der Waals surface area (Å²) in [4.78, 5) is 12.9. The van der Waals surface area contributed by atoms with Gasteiger partial charge < -0.3 is 19.5 Å². The van der Waals surface area contributed by atoms with Gasteiger partial charge in [-0.2, -0.15) is 4.31 Å². The normalized spacial score (nSPS) is 17.2. The minimum absolute atomic E-state index is 0.106. The van der Waals surface area contributed by atoms with Gasteiger partial charge in [0, 0.05) is 30.9 Å². The smallest absolute Gasteiger partial charge is 0.243 e. The van der Waals surface area contributed by atoms with Crippen molar-refractivity contribution in [3.05, 3.63) is 42.5 Å². The number of hydrogen-bond donors (Lipinski definition) is 1. The molecular weight excluding hydrogens is 408 g/mol. The molecule has 2 aromatic carbocycles. The topological polar surface area (TPSA) is 94.2 Å². The van der Waals surface area contributed by atoms with Crippen molar-refractivity contribution in [1.82, 2.24) is 4.31 Å². The molecule has 0 aromatic heterocycles. The van der Waals surface area contributed by atoms with Crippen LogP contribution in [0.25, 0.3) is 0 Å². The summed E-state index contributed by atoms with van der Waals surface area (Å²) in [6, 6.07) is 11.5. The predicted octanol–water partition coefficient (Wildman–Crippen LogP) is 2.75. The quantitative estimate of drug-likeness (QED) is 0.720. The van der Waals surface area contributed by atoms with Gasteiger partial charge in [0.2, 0.25) is 15.9 Å². The number of sulfonamides is 1. The fraction of sp³-hybridized carbons (Fsp3) is 0.381. The highest BCUT2D eigenvalue weighted by Crippen LogP contribution is 2.32. The molecule has 1 heterocycles. The van der Waals surface area contributed by atoms with Crippen molar-refractivity contribution >= 4 is 21.6 Å². The number of piperidine rings is 1. The Labute approximate surface area is 176 Å². The van der Waals surface area contributed by atoms with Crippen molar-refractivity contribution in [1.29, 1.82) is 0 Å². The molecule has 162 valence electrons. The van der Waals surface area contributed by atoms with Crippen molar-refractivity contribution in [2.75, 3.05) is 39.7 Å². The summed E-state index contributed by atoms with van der Waals surface area (Å²) in [6.07, 6.45) is 1.22. The third-order valence-corrected chi connectivity index (χ3v) is 6.95. The van der Waals surface area contributed by atoms with Gasteiger partial charge in [0.1, 0.15) is 5.75 Å². The second kappa shape index (κ2) is 9.36. The molecule has 0 aliphatic carbocycles. The third-order valence-electron chi connectivity index (χ3n) is 5.08. The minimum atomic E-state index is -3.77. The van der Waals surface area contributed by atoms with Crippen LogP contribution in [-0.2, 0) is 14.8 Å². The number of amides is 1. The van der Waals surface area contributed by atoms with Gasteiger partial charge in [0.15, 0.2) is 11.5 Å². The zero-order chi connectivity index (χ0) is 21.7. The first-order valence-corrected chi connectivity index (χ1v) is 11.0. The van der Waals surface area contributed by atoms with E-state index in [-0.39, 0.29) is 17.3 Å². The van der Waals surface area contributed by atoms with E-state index in [2.05, 4.69) is 5.32 Å². The molecule has 1 atom stereocenters. The number of nitrogens with one attached hydrogen (secondary N) is 1. The standard InChI is InChI=1S/C21H26N2O6S/c1-27-17-8-4-7-16(12-17)22-21(24)15-6-5-11-23(14-15)30(25,26)18-9-10-19(28-2)20(13-18)29-3/h4,7-10,12-13,15H,5-6,11,14H2,1-3H3,(H,22,24)/t15-/m1/s1. The van der Waals surface area contributed by atoms with Gasteiger partial charge in [-0.1, -0.05) is 6.07 Å². The van der Waals surface area contributed by atoms with E-state index in [4.69, 9.17) is 14.2 Å². The van der Waals surface area contributed by atoms with Crippen molar-refractivity contribution in [3.63, 3.8) is 0 Å². The van der Waals surface area contributed by atoms with Crippen molar-refractivity contribution in [2.45, 2.75) is 17.7 Å². The van der Waals surface area contributed by atoms with E-state index in [0.717, 1.165) is 0 Å². The number of carbonyl (C=O) groups is 1. The molecule has 1 saturated heterocycles. The van der Waals surface area contributed by atoms with Crippen molar-refractivity contribution in [3.8, 4) is 17.2 Å². The zero-order valence-corrected chi connectivity index (χ0v) is 18.1. The average Bonchev–Trinajstić information content (AvgIpc) is 2.78. The Bertz CT molecular complexity index is 1010. The maximum absolute atomic E-state index is 13.1. The third kappa shape index (κ3) is 4.68. The number of anilines is 1. The number of benzene rings is 2. The first kappa shape index (κ1) is 21.9. The van der Waals surface area contributed by atoms with Gasteiger partial charge in [0.25, 0.3) is 0 Å². The van der Waals surface area contributed by atoms with Crippen molar-refractivity contribution < 1.29 is 27.4 Å². The summed E-state index contributed by atoms with van der Waals surface area (Å²) in [5.41, 5.74) is 0.610. The molecule has 0 saturated carbocycles. The summed E-state index contributed by atoms with van der Waals surface area (Å²) in [5.74, 6) is 0.762. The van der Waals surface area contributed by atoms with Gasteiger partial charge in [0.05, 0.1) is 32.1 Å². The summed E-state index contributed by atoms with van der Waals surface area (Å²) >= 11 is 0. The maximum atomic E-state index is 13.1. The SMILES string of the molecule is COc1cccc(NC(=O)[C@@H]2CCCN(S(=O)(=O)c3ccc(OC)c(OC)c3)C2)c1. The summed E-state index contributed by atoms with van der Waals surface area (Å²) in [5, 5.41) is 2.85. The van der Waals surface area contributed by atoms with Crippen LogP contribution in [0.3, 0.4) is 0 Å². The molecule has 0 radical (unpaired) electrons. The molecule has 8 nitrogen and oxygen atoms in total. The molecule has 9 heteroatoms. The largest absolute Gasteiger partial charge is 0.497 e. The maximum Gasteiger partial charge on any atom is 0.243 e. The second-order valence-corrected chi connectivity index (χ2v) is 8.88. The molecule has 1 fully saturated rings. The number of nitrogens with zero attached hydrogens (tertiary/aromatic N) is 1. The van der Waals surface area contributed by atoms with Gasteiger partial charge >= 0.3 is 0 Å². The molecule has 0 bridgehead atoms. The molecule has 1 aliphatic rings. The molecule has 0 spiro atoms. The van der Waals surface area contributed by atoms with Crippen LogP contribution in [-0.4, -0.2) is 53.0 Å². The van der Waals surface area contributed by atoms with E-state index >= 15 is 0 Å². The van der Waals surface area contributed by atoms with Crippen LogP contribution in [0.4, 0.5) is 5.69 Å². The van der Waals surface area contributed by atoms with E-state index in [1.54, 1.807) is 37.4 Å². The van der Waals surface area contributed by atoms with Crippen molar-refractivity contribution in [2.24, 2.45) is 5.92 Å². The first-order chi connectivity index (χ1) is 14.4. The Morgan fingerprint density at radius 1 is 1.03 bits per heavy atom. The van der Waals surface area contributed by atoms with Crippen LogP contribution < -0.4 is 19.5 Å². The van der Waals surface area contributed by atoms with E-state index in [9.17, 15) is 13.2 Å². The van der Waals surface area contributed by atoms with Crippen LogP contribution in [0.15, 0.2) is 47.4 Å². The van der Waals surface area contributed by atoms with E-state index in [1.807, 2.05) is 0 Å². The lowest BCUT2D eigenvalue weighted by Gasteiger charge is -2.31. The fourth-order valence-electron chi connectivity index (χ4n) is 3.45. The van der Waals surface area contributed by atoms with Gasteiger partial charge in [-0.25, -0.2) is 8.42 Å². The van der Waals surface area contributed by atoms with E-state index < -0.39 is 15.9 Å². The Kier molecular flexibility index (Phi) is 6.84. The highest BCUT2D eigenvalue weighted by molar-refractivity contribution is 7.89. The number of rotatable bonds is 7. The number of methoxy groups -OCH3 is 3. The minimum Gasteiger partial charge on any atom is -0.497 e. The van der Waals surface area contributed by atoms with Gasteiger partial charge in [-0.15, -0.1) is 0 Å². The number of carbonyl (C=O) groups excluding carboxylic acids is 1. The van der Waals surface area contributed by atoms with E-state index in [1.165, 1.54) is 30.7 Å². The average molecular weight is 435 g/mol. The van der Waals surface area contributed by atoms with Crippen LogP contribution in [0.2, 0.25) is 0 Å². The lowest BCUT2D eigenvalue weighted by atomic mass is 9.98. The lowest BCUT2D eigenvalue weighted by Crippen LogP contribution is -2.43. The molecule has 3 rings (SSSR count). The van der Waals surface area contributed by atoms with Gasteiger partial charge in [-0.3, -0.25) is 4.79 Å². The Morgan fingerprint density at radius 3 is 2.50 bits per heavy atom. The zero-order valence-electron chi connectivity index (χ0n) is 17.3. The van der Waals surface area contributed by atoms with E-state index in [0.29, 0.717) is 42.3 Å². The lowest BCUT2D eigenvalue weighted by molar-refractivity contribution is -0.120. The number of hydrogen-bond acceptors (Lipinski definition) is 6. The number of ether oxygens (including phenoxy) is 3. The van der Waals surface area contributed by atoms with Crippen LogP contribution in [0.5, 0.6) is 17.2 Å². The highest BCUT2D eigenvalue weighted by atomic mass is 32.2. The predicted molar refractivity (Wildman–Crippen MR) is 113 cm³/mol. The molecule has 1 amide bonds. The Balaban J connectivity index is 1.75. The Hall–Kier alpha value is -2.78.